The Morgan fingerprint density at radius 1 is 1.25 bits per heavy atom. The van der Waals surface area contributed by atoms with E-state index in [0.717, 1.165) is 29.6 Å². The number of halogens is 2. The predicted octanol–water partition coefficient (Wildman–Crippen LogP) is 2.01. The van der Waals surface area contributed by atoms with Crippen molar-refractivity contribution < 1.29 is 4.39 Å². The van der Waals surface area contributed by atoms with Gasteiger partial charge in [-0.05, 0) is 30.3 Å². The lowest BCUT2D eigenvalue weighted by Crippen LogP contribution is -2.39. The summed E-state index contributed by atoms with van der Waals surface area (Å²) in [6.45, 7) is 1.30. The minimum absolute atomic E-state index is 0. The van der Waals surface area contributed by atoms with Crippen LogP contribution < -0.4 is 5.32 Å². The highest BCUT2D eigenvalue weighted by atomic mass is 127. The Labute approximate surface area is 180 Å². The quantitative estimate of drug-likeness (QED) is 0.320. The van der Waals surface area contributed by atoms with Crippen LogP contribution in [0.3, 0.4) is 0 Å². The summed E-state index contributed by atoms with van der Waals surface area (Å²) < 4.78 is 16.5. The van der Waals surface area contributed by atoms with Gasteiger partial charge in [0, 0.05) is 40.3 Å². The van der Waals surface area contributed by atoms with Crippen molar-refractivity contribution >= 4 is 29.9 Å². The molecule has 0 aliphatic heterocycles. The van der Waals surface area contributed by atoms with Crippen LogP contribution in [0.4, 0.5) is 4.39 Å². The molecule has 0 saturated heterocycles. The molecular weight excluding hydrogens is 474 g/mol. The number of hydrogen-bond acceptors (Lipinski definition) is 4. The maximum absolute atomic E-state index is 13.0. The first-order valence-corrected chi connectivity index (χ1v) is 8.62. The molecule has 0 radical (unpaired) electrons. The van der Waals surface area contributed by atoms with Gasteiger partial charge in [-0.3, -0.25) is 9.67 Å². The maximum Gasteiger partial charge on any atom is 0.193 e. The van der Waals surface area contributed by atoms with Gasteiger partial charge in [0.25, 0.3) is 0 Å². The number of guanidine groups is 1. The van der Waals surface area contributed by atoms with Crippen LogP contribution in [-0.4, -0.2) is 56.0 Å². The number of nitrogens with zero attached hydrogens (tertiary/aromatic N) is 7. The van der Waals surface area contributed by atoms with Crippen molar-refractivity contribution in [3.8, 4) is 5.69 Å². The molecule has 3 aromatic rings. The molecule has 0 saturated carbocycles. The van der Waals surface area contributed by atoms with E-state index >= 15 is 0 Å². The Kier molecular flexibility index (Phi) is 7.91. The fraction of sp³-hybridized carbons (Fsp3) is 0.333. The molecule has 2 aromatic heterocycles. The summed E-state index contributed by atoms with van der Waals surface area (Å²) in [4.78, 5) is 10.5. The van der Waals surface area contributed by atoms with E-state index in [-0.39, 0.29) is 29.8 Å². The van der Waals surface area contributed by atoms with Crippen molar-refractivity contribution in [3.05, 3.63) is 60.2 Å². The van der Waals surface area contributed by atoms with Gasteiger partial charge in [-0.15, -0.1) is 24.0 Å². The monoisotopic (exact) mass is 498 g/mol. The fourth-order valence-corrected chi connectivity index (χ4v) is 2.67. The SMILES string of the molecule is CN=C(NCCc1ccn(-c2ccc(F)cc2)n1)N(C)Cc1ncnn1C.I. The second-order valence-corrected chi connectivity index (χ2v) is 6.11. The summed E-state index contributed by atoms with van der Waals surface area (Å²) in [5.41, 5.74) is 1.77. The third-order valence-corrected chi connectivity index (χ3v) is 4.16. The van der Waals surface area contributed by atoms with Crippen molar-refractivity contribution in [2.75, 3.05) is 20.6 Å². The molecule has 150 valence electrons. The molecule has 0 atom stereocenters. The summed E-state index contributed by atoms with van der Waals surface area (Å²) in [5.74, 6) is 1.38. The molecule has 28 heavy (non-hydrogen) atoms. The van der Waals surface area contributed by atoms with Crippen molar-refractivity contribution in [1.82, 2.24) is 34.8 Å². The summed E-state index contributed by atoms with van der Waals surface area (Å²) in [6.07, 6.45) is 4.15. The van der Waals surface area contributed by atoms with E-state index in [1.165, 1.54) is 18.5 Å². The number of aliphatic imine (C=N–C) groups is 1. The standard InChI is InChI=1S/C18H23FN8.HI/c1-20-18(25(2)12-17-22-13-23-26(17)3)21-10-8-15-9-11-27(24-15)16-6-4-14(19)5-7-16;/h4-7,9,11,13H,8,10,12H2,1-3H3,(H,20,21);1H. The lowest BCUT2D eigenvalue weighted by atomic mass is 10.3. The van der Waals surface area contributed by atoms with E-state index in [9.17, 15) is 4.39 Å². The number of hydrogen-bond donors (Lipinski definition) is 1. The van der Waals surface area contributed by atoms with Crippen molar-refractivity contribution in [3.63, 3.8) is 0 Å². The van der Waals surface area contributed by atoms with Crippen molar-refractivity contribution in [2.24, 2.45) is 12.0 Å². The zero-order valence-electron chi connectivity index (χ0n) is 16.1. The zero-order valence-corrected chi connectivity index (χ0v) is 18.4. The smallest absolute Gasteiger partial charge is 0.193 e. The molecule has 2 heterocycles. The highest BCUT2D eigenvalue weighted by Crippen LogP contribution is 2.09. The molecule has 0 spiro atoms. The third kappa shape index (κ3) is 5.50. The highest BCUT2D eigenvalue weighted by Gasteiger charge is 2.10. The van der Waals surface area contributed by atoms with Gasteiger partial charge in [-0.1, -0.05) is 0 Å². The molecule has 1 N–H and O–H groups in total. The average molecular weight is 498 g/mol. The van der Waals surface area contributed by atoms with Crippen LogP contribution in [0.1, 0.15) is 11.5 Å². The Morgan fingerprint density at radius 3 is 2.64 bits per heavy atom. The second-order valence-electron chi connectivity index (χ2n) is 6.11. The van der Waals surface area contributed by atoms with Gasteiger partial charge in [-0.2, -0.15) is 10.2 Å². The van der Waals surface area contributed by atoms with Gasteiger partial charge in [0.2, 0.25) is 0 Å². The molecule has 0 aliphatic rings. The predicted molar refractivity (Wildman–Crippen MR) is 116 cm³/mol. The molecule has 10 heteroatoms. The van der Waals surface area contributed by atoms with Crippen LogP contribution in [0.25, 0.3) is 5.69 Å². The number of benzene rings is 1. The van der Waals surface area contributed by atoms with Gasteiger partial charge in [0.15, 0.2) is 5.96 Å². The van der Waals surface area contributed by atoms with Gasteiger partial charge in [0.1, 0.15) is 18.0 Å². The maximum atomic E-state index is 13.0. The van der Waals surface area contributed by atoms with Gasteiger partial charge in [0.05, 0.1) is 17.9 Å². The Bertz CT molecular complexity index is 902. The number of aromatic nitrogens is 5. The normalized spacial score (nSPS) is 11.2. The molecule has 8 nitrogen and oxygen atoms in total. The minimum atomic E-state index is -0.257. The van der Waals surface area contributed by atoms with Crippen LogP contribution >= 0.6 is 24.0 Å². The summed E-state index contributed by atoms with van der Waals surface area (Å²) in [7, 11) is 5.57. The van der Waals surface area contributed by atoms with E-state index in [2.05, 4.69) is 25.5 Å². The van der Waals surface area contributed by atoms with E-state index in [0.29, 0.717) is 13.1 Å². The average Bonchev–Trinajstić information content (AvgIpc) is 3.29. The van der Waals surface area contributed by atoms with Crippen LogP contribution in [0.2, 0.25) is 0 Å². The first-order chi connectivity index (χ1) is 13.1. The third-order valence-electron chi connectivity index (χ3n) is 4.16. The molecule has 0 aliphatic carbocycles. The molecule has 0 unspecified atom stereocenters. The van der Waals surface area contributed by atoms with Crippen LogP contribution in [0.15, 0.2) is 47.8 Å². The van der Waals surface area contributed by atoms with Gasteiger partial charge < -0.3 is 10.2 Å². The summed E-state index contributed by atoms with van der Waals surface area (Å²) >= 11 is 0. The lowest BCUT2D eigenvalue weighted by molar-refractivity contribution is 0.449. The largest absolute Gasteiger partial charge is 0.356 e. The minimum Gasteiger partial charge on any atom is -0.356 e. The van der Waals surface area contributed by atoms with Crippen LogP contribution in [0, 0.1) is 5.82 Å². The fourth-order valence-electron chi connectivity index (χ4n) is 2.67. The van der Waals surface area contributed by atoms with Gasteiger partial charge >= 0.3 is 0 Å². The molecule has 0 fully saturated rings. The molecule has 0 amide bonds. The Balaban J connectivity index is 0.00000280. The highest BCUT2D eigenvalue weighted by molar-refractivity contribution is 14.0. The van der Waals surface area contributed by atoms with Crippen molar-refractivity contribution in [2.45, 2.75) is 13.0 Å². The van der Waals surface area contributed by atoms with E-state index < -0.39 is 0 Å². The van der Waals surface area contributed by atoms with Crippen molar-refractivity contribution in [1.29, 1.82) is 0 Å². The zero-order chi connectivity index (χ0) is 19.2. The first kappa shape index (κ1) is 21.8. The van der Waals surface area contributed by atoms with Crippen LogP contribution in [0.5, 0.6) is 0 Å². The van der Waals surface area contributed by atoms with E-state index in [1.54, 1.807) is 28.5 Å². The molecule has 3 rings (SSSR count). The van der Waals surface area contributed by atoms with Gasteiger partial charge in [-0.25, -0.2) is 14.1 Å². The summed E-state index contributed by atoms with van der Waals surface area (Å²) in [5, 5.41) is 11.9. The van der Waals surface area contributed by atoms with E-state index in [4.69, 9.17) is 0 Å². The topological polar surface area (TPSA) is 76.2 Å². The Hall–Kier alpha value is -2.50. The molecular formula is C18H24FIN8. The molecule has 1 aromatic carbocycles. The number of rotatable bonds is 6. The number of nitrogens with one attached hydrogen (secondary N) is 1. The number of aryl methyl sites for hydroxylation is 1. The van der Waals surface area contributed by atoms with Crippen LogP contribution in [-0.2, 0) is 20.0 Å². The lowest BCUT2D eigenvalue weighted by Gasteiger charge is -2.21. The Morgan fingerprint density at radius 2 is 2.00 bits per heavy atom. The first-order valence-electron chi connectivity index (χ1n) is 8.62. The van der Waals surface area contributed by atoms with E-state index in [1.807, 2.05) is 31.3 Å². The summed E-state index contributed by atoms with van der Waals surface area (Å²) in [6, 6.07) is 8.21. The molecule has 0 bridgehead atoms. The second kappa shape index (κ2) is 10.2.